The minimum atomic E-state index is -1.44. The van der Waals surface area contributed by atoms with Gasteiger partial charge in [0.2, 0.25) is 0 Å². The Kier molecular flexibility index (Phi) is 9.38. The summed E-state index contributed by atoms with van der Waals surface area (Å²) in [5, 5.41) is 0. The maximum atomic E-state index is 12.0. The van der Waals surface area contributed by atoms with E-state index in [1.807, 2.05) is 0 Å². The minimum Gasteiger partial charge on any atom is -1.00 e. The van der Waals surface area contributed by atoms with Crippen LogP contribution in [0.1, 0.15) is 40.0 Å². The van der Waals surface area contributed by atoms with Crippen LogP contribution in [0.5, 0.6) is 0 Å². The normalized spacial score (nSPS) is 10.9. The Balaban J connectivity index is 0. The monoisotopic (exact) mass is 196 g/mol. The fraction of sp³-hybridized carbons (Fsp3) is 1.00. The lowest BCUT2D eigenvalue weighted by molar-refractivity contribution is -0.00000401. The second-order valence-electron chi connectivity index (χ2n) is 3.08. The van der Waals surface area contributed by atoms with Crippen molar-refractivity contribution in [3.05, 3.63) is 0 Å². The highest BCUT2D eigenvalue weighted by Crippen LogP contribution is 2.10. The first-order chi connectivity index (χ1) is 5.18. The molecule has 0 saturated carbocycles. The van der Waals surface area contributed by atoms with Gasteiger partial charge in [-0.1, -0.05) is 20.8 Å². The van der Waals surface area contributed by atoms with E-state index >= 15 is 0 Å². The van der Waals surface area contributed by atoms with Gasteiger partial charge in [0.1, 0.15) is 17.3 Å². The predicted molar refractivity (Wildman–Crippen MR) is 53.5 cm³/mol. The van der Waals surface area contributed by atoms with E-state index in [9.17, 15) is 4.21 Å². The fourth-order valence-electron chi connectivity index (χ4n) is 1.42. The Morgan fingerprint density at radius 2 is 1.08 bits per heavy atom. The maximum Gasteiger partial charge on any atom is 0.112 e. The van der Waals surface area contributed by atoms with Crippen molar-refractivity contribution in [1.29, 1.82) is 0 Å². The van der Waals surface area contributed by atoms with Gasteiger partial charge in [-0.25, -0.2) is 0 Å². The van der Waals surface area contributed by atoms with Crippen LogP contribution in [0.2, 0.25) is 0 Å². The average Bonchev–Trinajstić information content (AvgIpc) is 1.88. The van der Waals surface area contributed by atoms with Crippen molar-refractivity contribution in [2.24, 2.45) is 0 Å². The summed E-state index contributed by atoms with van der Waals surface area (Å²) in [5.74, 6) is 2.82. The summed E-state index contributed by atoms with van der Waals surface area (Å²) in [6.45, 7) is 6.35. The first-order valence-corrected chi connectivity index (χ1v) is 6.72. The van der Waals surface area contributed by atoms with Crippen LogP contribution in [-0.2, 0) is 14.1 Å². The van der Waals surface area contributed by atoms with Gasteiger partial charge in [-0.3, -0.25) is 0 Å². The molecule has 0 saturated heterocycles. The molecule has 1 nitrogen and oxygen atoms in total. The predicted octanol–water partition coefficient (Wildman–Crippen LogP) is -0.280. The third-order valence-corrected chi connectivity index (χ3v) is 5.19. The van der Waals surface area contributed by atoms with E-state index in [-0.39, 0.29) is 4.70 Å². The molecule has 0 radical (unpaired) electrons. The Bertz CT molecular complexity index is 113. The Labute approximate surface area is 76.7 Å². The van der Waals surface area contributed by atoms with E-state index in [0.717, 1.165) is 36.5 Å². The Morgan fingerprint density at radius 1 is 0.833 bits per heavy atom. The van der Waals surface area contributed by atoms with Crippen molar-refractivity contribution in [3.8, 4) is 0 Å². The van der Waals surface area contributed by atoms with Crippen LogP contribution in [0.3, 0.4) is 0 Å². The van der Waals surface area contributed by atoms with Gasteiger partial charge in [-0.05, 0) is 19.3 Å². The fourth-order valence-corrected chi connectivity index (χ4v) is 4.27. The number of rotatable bonds is 6. The molecule has 0 aliphatic heterocycles. The molecule has 0 spiro atoms. The highest BCUT2D eigenvalue weighted by atomic mass is 32.2. The van der Waals surface area contributed by atoms with Gasteiger partial charge in [0, 0.05) is 0 Å². The first kappa shape index (κ1) is 14.6. The lowest BCUT2D eigenvalue weighted by atomic mass is 10.6. The molecule has 12 heavy (non-hydrogen) atoms. The lowest BCUT2D eigenvalue weighted by Crippen LogP contribution is -3.00. The third kappa shape index (κ3) is 5.70. The minimum absolute atomic E-state index is 0. The first-order valence-electron chi connectivity index (χ1n) is 4.65. The molecule has 0 N–H and O–H groups in total. The summed E-state index contributed by atoms with van der Waals surface area (Å²) in [7, 11) is -1.44. The zero-order chi connectivity index (χ0) is 8.74. The second kappa shape index (κ2) is 7.71. The summed E-state index contributed by atoms with van der Waals surface area (Å²) in [5.41, 5.74) is 0. The van der Waals surface area contributed by atoms with Crippen LogP contribution in [0.25, 0.3) is 0 Å². The van der Waals surface area contributed by atoms with Gasteiger partial charge in [0.25, 0.3) is 0 Å². The molecule has 0 aliphatic carbocycles. The van der Waals surface area contributed by atoms with Crippen molar-refractivity contribution < 1.29 is 8.91 Å². The molecule has 0 fully saturated rings. The molecule has 3 heteroatoms. The molecule has 0 rings (SSSR count). The summed E-state index contributed by atoms with van der Waals surface area (Å²) in [6, 6.07) is 0. The van der Waals surface area contributed by atoms with Crippen LogP contribution in [-0.4, -0.2) is 17.3 Å². The molecular formula is C9H21FOS. The molecule has 0 aromatic rings. The third-order valence-electron chi connectivity index (χ3n) is 1.73. The van der Waals surface area contributed by atoms with Crippen LogP contribution in [0.15, 0.2) is 0 Å². The molecule has 0 aromatic carbocycles. The van der Waals surface area contributed by atoms with Gasteiger partial charge >= 0.3 is 0 Å². The number of halogens is 1. The van der Waals surface area contributed by atoms with E-state index in [0.29, 0.717) is 0 Å². The van der Waals surface area contributed by atoms with E-state index in [1.165, 1.54) is 0 Å². The van der Waals surface area contributed by atoms with Gasteiger partial charge in [-0.2, -0.15) is 0 Å². The molecule has 0 aromatic heterocycles. The standard InChI is InChI=1S/C9H21OS.FH/c1-4-7-11(10,8-5-2)9-6-3;/h4-9H2,1-3H3;1H/q+1;/p-1. The van der Waals surface area contributed by atoms with E-state index in [4.69, 9.17) is 0 Å². The van der Waals surface area contributed by atoms with Crippen molar-refractivity contribution >= 4 is 9.93 Å². The van der Waals surface area contributed by atoms with Gasteiger partial charge < -0.3 is 4.70 Å². The molecule has 0 bridgehead atoms. The van der Waals surface area contributed by atoms with Gasteiger partial charge in [-0.15, -0.1) is 4.21 Å². The van der Waals surface area contributed by atoms with Crippen molar-refractivity contribution in [3.63, 3.8) is 0 Å². The molecule has 76 valence electrons. The van der Waals surface area contributed by atoms with E-state index in [2.05, 4.69) is 20.8 Å². The van der Waals surface area contributed by atoms with Crippen LogP contribution in [0.4, 0.5) is 0 Å². The summed E-state index contributed by atoms with van der Waals surface area (Å²) < 4.78 is 12.0. The maximum absolute atomic E-state index is 12.0. The highest BCUT2D eigenvalue weighted by Gasteiger charge is 2.23. The second-order valence-corrected chi connectivity index (χ2v) is 6.23. The molecule has 0 unspecified atom stereocenters. The van der Waals surface area contributed by atoms with Gasteiger partial charge in [0.15, 0.2) is 0 Å². The quantitative estimate of drug-likeness (QED) is 0.534. The van der Waals surface area contributed by atoms with E-state index < -0.39 is 9.93 Å². The van der Waals surface area contributed by atoms with Crippen LogP contribution < -0.4 is 4.70 Å². The zero-order valence-electron chi connectivity index (χ0n) is 8.44. The summed E-state index contributed by atoms with van der Waals surface area (Å²) >= 11 is 0. The van der Waals surface area contributed by atoms with Crippen molar-refractivity contribution in [1.82, 2.24) is 0 Å². The largest absolute Gasteiger partial charge is 1.00 e. The molecule has 0 amide bonds. The van der Waals surface area contributed by atoms with Gasteiger partial charge in [0.05, 0.1) is 9.93 Å². The molecule has 0 aliphatic rings. The Hall–Kier alpha value is 0.0800. The van der Waals surface area contributed by atoms with Crippen LogP contribution >= 0.6 is 0 Å². The average molecular weight is 196 g/mol. The zero-order valence-corrected chi connectivity index (χ0v) is 9.25. The molecule has 0 heterocycles. The number of hydrogen-bond donors (Lipinski definition) is 0. The smallest absolute Gasteiger partial charge is 0.112 e. The topological polar surface area (TPSA) is 17.1 Å². The lowest BCUT2D eigenvalue weighted by Gasteiger charge is -2.08. The van der Waals surface area contributed by atoms with Crippen molar-refractivity contribution in [2.75, 3.05) is 17.3 Å². The van der Waals surface area contributed by atoms with Crippen LogP contribution in [0, 0.1) is 0 Å². The Morgan fingerprint density at radius 3 is 1.25 bits per heavy atom. The summed E-state index contributed by atoms with van der Waals surface area (Å²) in [4.78, 5) is 0. The van der Waals surface area contributed by atoms with Crippen molar-refractivity contribution in [2.45, 2.75) is 40.0 Å². The summed E-state index contributed by atoms with van der Waals surface area (Å²) in [6.07, 6.45) is 3.20. The highest BCUT2D eigenvalue weighted by molar-refractivity contribution is 8.02. The molecular weight excluding hydrogens is 175 g/mol. The molecule has 0 atom stereocenters. The van der Waals surface area contributed by atoms with E-state index in [1.54, 1.807) is 0 Å². The number of hydrogen-bond acceptors (Lipinski definition) is 1. The SMILES string of the molecule is CCC[S+](=O)(CCC)CCC.[F-].